The molecule has 6 heteroatoms. The minimum atomic E-state index is -0.169. The van der Waals surface area contributed by atoms with E-state index < -0.39 is 0 Å². The second-order valence-electron chi connectivity index (χ2n) is 7.28. The number of hydrogen-bond donors (Lipinski definition) is 0. The van der Waals surface area contributed by atoms with E-state index in [2.05, 4.69) is 41.1 Å². The molecular formula is C22H24N4O2. The fraction of sp³-hybridized carbons (Fsp3) is 0.318. The van der Waals surface area contributed by atoms with Crippen molar-refractivity contribution in [2.75, 3.05) is 26.2 Å². The summed E-state index contributed by atoms with van der Waals surface area (Å²) in [4.78, 5) is 33.8. The molecular weight excluding hydrogens is 352 g/mol. The number of carbonyl (C=O) groups excluding carboxylic acids is 1. The Morgan fingerprint density at radius 3 is 2.50 bits per heavy atom. The minimum Gasteiger partial charge on any atom is -0.339 e. The molecule has 1 aliphatic rings. The first-order chi connectivity index (χ1) is 13.6. The molecule has 0 N–H and O–H groups in total. The summed E-state index contributed by atoms with van der Waals surface area (Å²) < 4.78 is 1.41. The smallest absolute Gasteiger partial charge is 0.261 e. The third-order valence-electron chi connectivity index (χ3n) is 5.42. The molecule has 6 nitrogen and oxygen atoms in total. The predicted octanol–water partition coefficient (Wildman–Crippen LogP) is 2.05. The number of aryl methyl sites for hydroxylation is 1. The number of amides is 1. The van der Waals surface area contributed by atoms with Gasteiger partial charge in [-0.05, 0) is 30.2 Å². The summed E-state index contributed by atoms with van der Waals surface area (Å²) in [6.07, 6.45) is 1.47. The highest BCUT2D eigenvalue weighted by molar-refractivity contribution is 5.79. The van der Waals surface area contributed by atoms with E-state index in [0.29, 0.717) is 24.0 Å². The SMILES string of the molecule is Cc1ccccc1CN1CCN(C(=O)Cn2cnc3ccccc3c2=O)CC1. The molecule has 3 aromatic rings. The molecule has 4 rings (SSSR count). The fourth-order valence-electron chi connectivity index (χ4n) is 3.65. The molecule has 2 aromatic carbocycles. The van der Waals surface area contributed by atoms with E-state index in [-0.39, 0.29) is 18.0 Å². The van der Waals surface area contributed by atoms with Crippen molar-refractivity contribution < 1.29 is 4.79 Å². The Balaban J connectivity index is 1.37. The maximum Gasteiger partial charge on any atom is 0.261 e. The highest BCUT2D eigenvalue weighted by atomic mass is 16.2. The van der Waals surface area contributed by atoms with Gasteiger partial charge in [0.25, 0.3) is 5.56 Å². The lowest BCUT2D eigenvalue weighted by molar-refractivity contribution is -0.133. The van der Waals surface area contributed by atoms with Crippen molar-refractivity contribution in [2.24, 2.45) is 0 Å². The fourth-order valence-corrected chi connectivity index (χ4v) is 3.65. The number of piperazine rings is 1. The molecule has 0 aliphatic carbocycles. The van der Waals surface area contributed by atoms with Gasteiger partial charge in [-0.2, -0.15) is 0 Å². The van der Waals surface area contributed by atoms with Crippen LogP contribution in [0.4, 0.5) is 0 Å². The summed E-state index contributed by atoms with van der Waals surface area (Å²) in [7, 11) is 0. The lowest BCUT2D eigenvalue weighted by Crippen LogP contribution is -2.49. The zero-order valence-electron chi connectivity index (χ0n) is 16.0. The van der Waals surface area contributed by atoms with E-state index >= 15 is 0 Å². The number of fused-ring (bicyclic) bond motifs is 1. The largest absolute Gasteiger partial charge is 0.339 e. The highest BCUT2D eigenvalue weighted by Gasteiger charge is 2.22. The average Bonchev–Trinajstić information content (AvgIpc) is 2.72. The maximum absolute atomic E-state index is 12.7. The zero-order chi connectivity index (χ0) is 19.5. The van der Waals surface area contributed by atoms with Gasteiger partial charge in [0, 0.05) is 32.7 Å². The van der Waals surface area contributed by atoms with Crippen molar-refractivity contribution in [3.63, 3.8) is 0 Å². The molecule has 0 atom stereocenters. The molecule has 0 bridgehead atoms. The van der Waals surface area contributed by atoms with E-state index in [4.69, 9.17) is 0 Å². The van der Waals surface area contributed by atoms with Crippen LogP contribution >= 0.6 is 0 Å². The van der Waals surface area contributed by atoms with Gasteiger partial charge in [-0.15, -0.1) is 0 Å². The van der Waals surface area contributed by atoms with Gasteiger partial charge in [0.2, 0.25) is 5.91 Å². The van der Waals surface area contributed by atoms with Crippen molar-refractivity contribution in [3.8, 4) is 0 Å². The van der Waals surface area contributed by atoms with Gasteiger partial charge in [-0.3, -0.25) is 19.1 Å². The van der Waals surface area contributed by atoms with Gasteiger partial charge in [0.1, 0.15) is 6.54 Å². The number of rotatable bonds is 4. The van der Waals surface area contributed by atoms with Crippen LogP contribution in [0.5, 0.6) is 0 Å². The van der Waals surface area contributed by atoms with Crippen LogP contribution in [-0.4, -0.2) is 51.4 Å². The van der Waals surface area contributed by atoms with Crippen molar-refractivity contribution >= 4 is 16.8 Å². The van der Waals surface area contributed by atoms with Crippen molar-refractivity contribution in [3.05, 3.63) is 76.3 Å². The molecule has 2 heterocycles. The summed E-state index contributed by atoms with van der Waals surface area (Å²) in [5, 5.41) is 0.542. The van der Waals surface area contributed by atoms with Crippen molar-refractivity contribution in [1.82, 2.24) is 19.4 Å². The quantitative estimate of drug-likeness (QED) is 0.699. The number of hydrogen-bond acceptors (Lipinski definition) is 4. The van der Waals surface area contributed by atoms with Gasteiger partial charge in [0.15, 0.2) is 0 Å². The molecule has 0 spiro atoms. The van der Waals surface area contributed by atoms with Crippen LogP contribution in [0.1, 0.15) is 11.1 Å². The van der Waals surface area contributed by atoms with Crippen LogP contribution in [0.15, 0.2) is 59.7 Å². The first kappa shape index (κ1) is 18.4. The molecule has 1 amide bonds. The summed E-state index contributed by atoms with van der Waals surface area (Å²) in [5.74, 6) is -0.0327. The molecule has 144 valence electrons. The van der Waals surface area contributed by atoms with E-state index in [1.54, 1.807) is 12.1 Å². The molecule has 28 heavy (non-hydrogen) atoms. The van der Waals surface area contributed by atoms with E-state index in [0.717, 1.165) is 19.6 Å². The van der Waals surface area contributed by atoms with Gasteiger partial charge >= 0.3 is 0 Å². The van der Waals surface area contributed by atoms with E-state index in [1.165, 1.54) is 22.0 Å². The third-order valence-corrected chi connectivity index (χ3v) is 5.42. The summed E-state index contributed by atoms with van der Waals surface area (Å²) >= 11 is 0. The average molecular weight is 376 g/mol. The molecule has 1 fully saturated rings. The van der Waals surface area contributed by atoms with Crippen molar-refractivity contribution in [1.29, 1.82) is 0 Å². The minimum absolute atomic E-state index is 0.0327. The summed E-state index contributed by atoms with van der Waals surface area (Å²) in [6, 6.07) is 15.6. The Morgan fingerprint density at radius 2 is 1.71 bits per heavy atom. The van der Waals surface area contributed by atoms with Crippen molar-refractivity contribution in [2.45, 2.75) is 20.0 Å². The molecule has 1 saturated heterocycles. The first-order valence-electron chi connectivity index (χ1n) is 9.60. The number of carbonyl (C=O) groups is 1. The lowest BCUT2D eigenvalue weighted by atomic mass is 10.1. The molecule has 0 saturated carbocycles. The lowest BCUT2D eigenvalue weighted by Gasteiger charge is -2.35. The summed E-state index contributed by atoms with van der Waals surface area (Å²) in [5.41, 5.74) is 3.11. The molecule has 1 aliphatic heterocycles. The number of benzene rings is 2. The second kappa shape index (κ2) is 7.94. The Morgan fingerprint density at radius 1 is 1.00 bits per heavy atom. The highest BCUT2D eigenvalue weighted by Crippen LogP contribution is 2.13. The van der Waals surface area contributed by atoms with E-state index in [1.807, 2.05) is 17.0 Å². The first-order valence-corrected chi connectivity index (χ1v) is 9.60. The van der Waals surface area contributed by atoms with Crippen LogP contribution in [0.3, 0.4) is 0 Å². The van der Waals surface area contributed by atoms with Crippen LogP contribution in [0.2, 0.25) is 0 Å². The Kier molecular flexibility index (Phi) is 5.21. The standard InChI is InChI=1S/C22H24N4O2/c1-17-6-2-3-7-18(17)14-24-10-12-25(13-11-24)21(27)15-26-16-23-20-9-5-4-8-19(20)22(26)28/h2-9,16H,10-15H2,1H3. The predicted molar refractivity (Wildman–Crippen MR) is 109 cm³/mol. The normalized spacial score (nSPS) is 15.1. The molecule has 0 radical (unpaired) electrons. The maximum atomic E-state index is 12.7. The molecule has 0 unspecified atom stereocenters. The Bertz CT molecular complexity index is 1050. The number of nitrogens with zero attached hydrogens (tertiary/aromatic N) is 4. The van der Waals surface area contributed by atoms with Crippen LogP contribution < -0.4 is 5.56 Å². The van der Waals surface area contributed by atoms with E-state index in [9.17, 15) is 9.59 Å². The second-order valence-corrected chi connectivity index (χ2v) is 7.28. The van der Waals surface area contributed by atoms with Crippen LogP contribution in [-0.2, 0) is 17.9 Å². The van der Waals surface area contributed by atoms with Gasteiger partial charge < -0.3 is 4.90 Å². The van der Waals surface area contributed by atoms with Crippen LogP contribution in [0, 0.1) is 6.92 Å². The number of para-hydroxylation sites is 1. The summed E-state index contributed by atoms with van der Waals surface area (Å²) in [6.45, 7) is 6.11. The number of aromatic nitrogens is 2. The van der Waals surface area contributed by atoms with Gasteiger partial charge in [0.05, 0.1) is 17.2 Å². The molecule has 1 aromatic heterocycles. The van der Waals surface area contributed by atoms with Crippen LogP contribution in [0.25, 0.3) is 10.9 Å². The Labute approximate surface area is 164 Å². The Hall–Kier alpha value is -2.99. The third kappa shape index (κ3) is 3.82. The van der Waals surface area contributed by atoms with Gasteiger partial charge in [-0.1, -0.05) is 36.4 Å². The topological polar surface area (TPSA) is 58.4 Å². The zero-order valence-corrected chi connectivity index (χ0v) is 16.0. The monoisotopic (exact) mass is 376 g/mol. The van der Waals surface area contributed by atoms with Gasteiger partial charge in [-0.25, -0.2) is 4.98 Å².